The van der Waals surface area contributed by atoms with Crippen molar-refractivity contribution in [2.45, 2.75) is 18.9 Å². The SMILES string of the molecule is CCC1(O)CN(C(=O)c2nc(Cl)ccc2Cl)C1. The van der Waals surface area contributed by atoms with E-state index >= 15 is 0 Å². The molecule has 1 aliphatic rings. The quantitative estimate of drug-likeness (QED) is 0.840. The number of carbonyl (C=O) groups excluding carboxylic acids is 1. The van der Waals surface area contributed by atoms with E-state index in [-0.39, 0.29) is 21.8 Å². The Bertz CT molecular complexity index is 459. The summed E-state index contributed by atoms with van der Waals surface area (Å²) < 4.78 is 0. The number of hydrogen-bond acceptors (Lipinski definition) is 3. The van der Waals surface area contributed by atoms with Gasteiger partial charge >= 0.3 is 0 Å². The van der Waals surface area contributed by atoms with Gasteiger partial charge in [-0.2, -0.15) is 0 Å². The Labute approximate surface area is 109 Å². The van der Waals surface area contributed by atoms with E-state index in [4.69, 9.17) is 23.2 Å². The van der Waals surface area contributed by atoms with E-state index < -0.39 is 5.60 Å². The van der Waals surface area contributed by atoms with E-state index in [1.165, 1.54) is 17.0 Å². The molecule has 1 saturated heterocycles. The number of β-amino-alcohol motifs (C(OH)–C–C–N with tert-alkyl or cyclic N) is 1. The van der Waals surface area contributed by atoms with Crippen molar-refractivity contribution in [2.75, 3.05) is 13.1 Å². The predicted octanol–water partition coefficient (Wildman–Crippen LogP) is 1.99. The van der Waals surface area contributed by atoms with Crippen LogP contribution in [0.15, 0.2) is 12.1 Å². The maximum absolute atomic E-state index is 12.0. The van der Waals surface area contributed by atoms with Crippen molar-refractivity contribution in [1.82, 2.24) is 9.88 Å². The number of likely N-dealkylation sites (tertiary alicyclic amines) is 1. The van der Waals surface area contributed by atoms with Gasteiger partial charge in [0.1, 0.15) is 10.8 Å². The molecule has 1 fully saturated rings. The zero-order chi connectivity index (χ0) is 12.6. The Kier molecular flexibility index (Phi) is 3.30. The molecular formula is C11H12Cl2N2O2. The lowest BCUT2D eigenvalue weighted by atomic mass is 9.91. The Morgan fingerprint density at radius 3 is 2.76 bits per heavy atom. The van der Waals surface area contributed by atoms with Crippen LogP contribution in [0.25, 0.3) is 0 Å². The number of aromatic nitrogens is 1. The molecule has 6 heteroatoms. The predicted molar refractivity (Wildman–Crippen MR) is 65.4 cm³/mol. The zero-order valence-electron chi connectivity index (χ0n) is 9.28. The average molecular weight is 275 g/mol. The number of nitrogens with zero attached hydrogens (tertiary/aromatic N) is 2. The molecule has 92 valence electrons. The van der Waals surface area contributed by atoms with Crippen LogP contribution in [0.1, 0.15) is 23.8 Å². The van der Waals surface area contributed by atoms with Crippen molar-refractivity contribution >= 4 is 29.1 Å². The first kappa shape index (κ1) is 12.6. The lowest BCUT2D eigenvalue weighted by Crippen LogP contribution is -2.63. The van der Waals surface area contributed by atoms with Crippen LogP contribution in [0.4, 0.5) is 0 Å². The topological polar surface area (TPSA) is 53.4 Å². The first-order chi connectivity index (χ1) is 7.95. The van der Waals surface area contributed by atoms with Gasteiger partial charge in [-0.1, -0.05) is 30.1 Å². The van der Waals surface area contributed by atoms with Gasteiger partial charge in [-0.3, -0.25) is 4.79 Å². The van der Waals surface area contributed by atoms with E-state index in [1.807, 2.05) is 6.92 Å². The molecule has 2 rings (SSSR count). The van der Waals surface area contributed by atoms with Gasteiger partial charge in [0.15, 0.2) is 0 Å². The Hall–Kier alpha value is -0.840. The zero-order valence-corrected chi connectivity index (χ0v) is 10.8. The number of halogens is 2. The van der Waals surface area contributed by atoms with Crippen molar-refractivity contribution in [3.63, 3.8) is 0 Å². The third-order valence-corrected chi connectivity index (χ3v) is 3.45. The molecule has 0 atom stereocenters. The molecule has 0 aromatic carbocycles. The molecule has 0 saturated carbocycles. The van der Waals surface area contributed by atoms with E-state index in [1.54, 1.807) is 0 Å². The van der Waals surface area contributed by atoms with E-state index in [2.05, 4.69) is 4.98 Å². The third kappa shape index (κ3) is 2.39. The molecule has 17 heavy (non-hydrogen) atoms. The van der Waals surface area contributed by atoms with Gasteiger partial charge in [0.25, 0.3) is 5.91 Å². The molecule has 0 unspecified atom stereocenters. The summed E-state index contributed by atoms with van der Waals surface area (Å²) in [5.74, 6) is -0.296. The van der Waals surface area contributed by atoms with Crippen LogP contribution in [0.3, 0.4) is 0 Å². The van der Waals surface area contributed by atoms with Gasteiger partial charge in [-0.05, 0) is 18.6 Å². The van der Waals surface area contributed by atoms with E-state index in [9.17, 15) is 9.90 Å². The van der Waals surface area contributed by atoms with Crippen molar-refractivity contribution in [3.8, 4) is 0 Å². The number of pyridine rings is 1. The molecule has 2 heterocycles. The van der Waals surface area contributed by atoms with Crippen LogP contribution in [-0.2, 0) is 0 Å². The van der Waals surface area contributed by atoms with Gasteiger partial charge in [0.2, 0.25) is 0 Å². The summed E-state index contributed by atoms with van der Waals surface area (Å²) in [6.45, 7) is 2.51. The van der Waals surface area contributed by atoms with Gasteiger partial charge in [-0.15, -0.1) is 0 Å². The van der Waals surface area contributed by atoms with Crippen LogP contribution in [-0.4, -0.2) is 39.6 Å². The highest BCUT2D eigenvalue weighted by Gasteiger charge is 2.42. The van der Waals surface area contributed by atoms with Crippen molar-refractivity contribution < 1.29 is 9.90 Å². The molecular weight excluding hydrogens is 263 g/mol. The Morgan fingerprint density at radius 2 is 2.18 bits per heavy atom. The Balaban J connectivity index is 2.14. The average Bonchev–Trinajstić information content (AvgIpc) is 2.27. The van der Waals surface area contributed by atoms with Gasteiger partial charge < -0.3 is 10.0 Å². The number of carbonyl (C=O) groups is 1. The number of amides is 1. The molecule has 1 aromatic heterocycles. The third-order valence-electron chi connectivity index (χ3n) is 2.93. The summed E-state index contributed by atoms with van der Waals surface area (Å²) >= 11 is 11.6. The summed E-state index contributed by atoms with van der Waals surface area (Å²) in [6.07, 6.45) is 0.619. The standard InChI is InChI=1S/C11H12Cl2N2O2/c1-2-11(17)5-15(6-11)10(16)9-7(12)3-4-8(13)14-9/h3-4,17H,2,5-6H2,1H3. The second-order valence-corrected chi connectivity index (χ2v) is 5.00. The summed E-state index contributed by atoms with van der Waals surface area (Å²) in [5.41, 5.74) is -0.627. The molecule has 1 aliphatic heterocycles. The molecule has 4 nitrogen and oxygen atoms in total. The van der Waals surface area contributed by atoms with Gasteiger partial charge in [-0.25, -0.2) is 4.98 Å². The molecule has 0 spiro atoms. The van der Waals surface area contributed by atoms with E-state index in [0.717, 1.165) is 0 Å². The van der Waals surface area contributed by atoms with Gasteiger partial charge in [0, 0.05) is 0 Å². The summed E-state index contributed by atoms with van der Waals surface area (Å²) in [4.78, 5) is 17.4. The van der Waals surface area contributed by atoms with Crippen molar-refractivity contribution in [2.24, 2.45) is 0 Å². The molecule has 1 aromatic rings. The number of hydrogen-bond donors (Lipinski definition) is 1. The van der Waals surface area contributed by atoms with Crippen LogP contribution < -0.4 is 0 Å². The highest BCUT2D eigenvalue weighted by atomic mass is 35.5. The fourth-order valence-corrected chi connectivity index (χ4v) is 2.08. The monoisotopic (exact) mass is 274 g/mol. The number of aliphatic hydroxyl groups is 1. The molecule has 0 radical (unpaired) electrons. The van der Waals surface area contributed by atoms with Crippen LogP contribution >= 0.6 is 23.2 Å². The molecule has 0 bridgehead atoms. The molecule has 1 N–H and O–H groups in total. The second kappa shape index (κ2) is 4.44. The van der Waals surface area contributed by atoms with Crippen LogP contribution in [0, 0.1) is 0 Å². The Morgan fingerprint density at radius 1 is 1.53 bits per heavy atom. The first-order valence-corrected chi connectivity index (χ1v) is 6.04. The van der Waals surface area contributed by atoms with Crippen molar-refractivity contribution in [3.05, 3.63) is 28.0 Å². The largest absolute Gasteiger partial charge is 0.386 e. The summed E-state index contributed by atoms with van der Waals surface area (Å²) in [7, 11) is 0. The lowest BCUT2D eigenvalue weighted by Gasteiger charge is -2.45. The molecule has 1 amide bonds. The fraction of sp³-hybridized carbons (Fsp3) is 0.455. The van der Waals surface area contributed by atoms with Crippen LogP contribution in [0.5, 0.6) is 0 Å². The minimum absolute atomic E-state index is 0.136. The van der Waals surface area contributed by atoms with E-state index in [0.29, 0.717) is 19.5 Å². The maximum atomic E-state index is 12.0. The number of rotatable bonds is 2. The minimum Gasteiger partial charge on any atom is -0.386 e. The van der Waals surface area contributed by atoms with Crippen molar-refractivity contribution in [1.29, 1.82) is 0 Å². The lowest BCUT2D eigenvalue weighted by molar-refractivity contribution is -0.0828. The fourth-order valence-electron chi connectivity index (χ4n) is 1.75. The summed E-state index contributed by atoms with van der Waals surface area (Å²) in [6, 6.07) is 3.06. The highest BCUT2D eigenvalue weighted by molar-refractivity contribution is 6.34. The van der Waals surface area contributed by atoms with Crippen LogP contribution in [0.2, 0.25) is 10.2 Å². The maximum Gasteiger partial charge on any atom is 0.274 e. The second-order valence-electron chi connectivity index (χ2n) is 4.20. The first-order valence-electron chi connectivity index (χ1n) is 5.29. The molecule has 0 aliphatic carbocycles. The smallest absolute Gasteiger partial charge is 0.274 e. The van der Waals surface area contributed by atoms with Gasteiger partial charge in [0.05, 0.1) is 23.7 Å². The minimum atomic E-state index is -0.763. The summed E-state index contributed by atoms with van der Waals surface area (Å²) in [5, 5.41) is 10.3. The highest BCUT2D eigenvalue weighted by Crippen LogP contribution is 2.27. The normalized spacial score (nSPS) is 17.8.